The first-order valence-corrected chi connectivity index (χ1v) is 9.73. The van der Waals surface area contributed by atoms with Gasteiger partial charge in [-0.05, 0) is 43.9 Å². The molecule has 1 heterocycles. The first-order chi connectivity index (χ1) is 14.8. The van der Waals surface area contributed by atoms with E-state index in [1.807, 2.05) is 19.0 Å². The molecule has 1 atom stereocenters. The third kappa shape index (κ3) is 4.34. The number of aliphatic hydroxyl groups is 1. The van der Waals surface area contributed by atoms with Gasteiger partial charge in [-0.1, -0.05) is 12.1 Å². The second kappa shape index (κ2) is 9.09. The maximum absolute atomic E-state index is 13.0. The van der Waals surface area contributed by atoms with Gasteiger partial charge in [-0.3, -0.25) is 9.59 Å². The number of likely N-dealkylation sites (tertiary alicyclic amines) is 1. The largest absolute Gasteiger partial charge is 0.508 e. The number of ketones is 1. The van der Waals surface area contributed by atoms with Crippen LogP contribution in [0, 0.1) is 0 Å². The van der Waals surface area contributed by atoms with E-state index >= 15 is 0 Å². The number of carbonyl (C=O) groups excluding carboxylic acids is 2. The molecule has 0 bridgehead atoms. The molecule has 0 radical (unpaired) electrons. The minimum atomic E-state index is -0.848. The molecular formula is C23H26N2O6. The summed E-state index contributed by atoms with van der Waals surface area (Å²) in [5, 5.41) is 21.1. The summed E-state index contributed by atoms with van der Waals surface area (Å²) >= 11 is 0. The van der Waals surface area contributed by atoms with Crippen LogP contribution in [-0.4, -0.2) is 73.1 Å². The van der Waals surface area contributed by atoms with Gasteiger partial charge in [-0.15, -0.1) is 0 Å². The fourth-order valence-electron chi connectivity index (χ4n) is 3.60. The molecule has 8 heteroatoms. The number of nitrogens with zero attached hydrogens (tertiary/aromatic N) is 2. The van der Waals surface area contributed by atoms with Crippen LogP contribution in [0.4, 0.5) is 0 Å². The number of Topliss-reactive ketones (excluding diaryl/α,β-unsaturated/α-hetero) is 1. The summed E-state index contributed by atoms with van der Waals surface area (Å²) in [6.45, 7) is 0.794. The normalized spacial score (nSPS) is 18.0. The summed E-state index contributed by atoms with van der Waals surface area (Å²) in [4.78, 5) is 29.2. The van der Waals surface area contributed by atoms with Crippen molar-refractivity contribution >= 4 is 17.4 Å². The number of amides is 1. The number of phenolic OH excluding ortho intramolecular Hbond substituents is 1. The quantitative estimate of drug-likeness (QED) is 0.398. The van der Waals surface area contributed by atoms with E-state index < -0.39 is 17.7 Å². The van der Waals surface area contributed by atoms with Crippen LogP contribution in [0.25, 0.3) is 5.76 Å². The van der Waals surface area contributed by atoms with E-state index in [4.69, 9.17) is 9.47 Å². The summed E-state index contributed by atoms with van der Waals surface area (Å²) in [5.41, 5.74) is 0.726. The van der Waals surface area contributed by atoms with Gasteiger partial charge in [0.05, 0.1) is 31.4 Å². The standard InChI is InChI=1S/C23H26N2O6/c1-24(2)10-11-25-20(14-6-5-7-15(26)12-14)19(22(28)23(25)29)21(27)17-9-8-16(30-3)13-18(17)31-4/h5-9,12-13,20,26-27H,10-11H2,1-4H3/b21-19-. The van der Waals surface area contributed by atoms with E-state index in [-0.39, 0.29) is 29.2 Å². The SMILES string of the molecule is COc1ccc(/C(O)=C2/C(=O)C(=O)N(CCN(C)C)C2c2cccc(O)c2)c(OC)c1. The molecule has 0 saturated carbocycles. The molecule has 31 heavy (non-hydrogen) atoms. The number of phenols is 1. The number of hydrogen-bond donors (Lipinski definition) is 2. The summed E-state index contributed by atoms with van der Waals surface area (Å²) in [7, 11) is 6.67. The Morgan fingerprint density at radius 2 is 1.84 bits per heavy atom. The summed E-state index contributed by atoms with van der Waals surface area (Å²) in [6, 6.07) is 10.3. The average Bonchev–Trinajstić information content (AvgIpc) is 3.01. The minimum Gasteiger partial charge on any atom is -0.508 e. The lowest BCUT2D eigenvalue weighted by molar-refractivity contribution is -0.140. The van der Waals surface area contributed by atoms with Crippen molar-refractivity contribution < 1.29 is 29.3 Å². The minimum absolute atomic E-state index is 0.00211. The molecule has 0 aromatic heterocycles. The molecule has 1 unspecified atom stereocenters. The van der Waals surface area contributed by atoms with E-state index in [2.05, 4.69) is 0 Å². The van der Waals surface area contributed by atoms with Crippen LogP contribution in [0.2, 0.25) is 0 Å². The highest BCUT2D eigenvalue weighted by Gasteiger charge is 2.46. The zero-order valence-corrected chi connectivity index (χ0v) is 18.0. The van der Waals surface area contributed by atoms with Crippen LogP contribution >= 0.6 is 0 Å². The molecule has 164 valence electrons. The molecule has 2 aromatic rings. The van der Waals surface area contributed by atoms with Gasteiger partial charge in [0.15, 0.2) is 0 Å². The number of aliphatic hydroxyl groups excluding tert-OH is 1. The van der Waals surface area contributed by atoms with Crippen molar-refractivity contribution in [1.29, 1.82) is 0 Å². The Morgan fingerprint density at radius 3 is 2.45 bits per heavy atom. The molecule has 1 saturated heterocycles. The highest BCUT2D eigenvalue weighted by atomic mass is 16.5. The number of methoxy groups -OCH3 is 2. The van der Waals surface area contributed by atoms with E-state index in [9.17, 15) is 19.8 Å². The molecule has 0 aliphatic carbocycles. The Morgan fingerprint density at radius 1 is 1.10 bits per heavy atom. The van der Waals surface area contributed by atoms with Crippen LogP contribution in [-0.2, 0) is 9.59 Å². The molecule has 2 aromatic carbocycles. The van der Waals surface area contributed by atoms with Crippen molar-refractivity contribution in [3.63, 3.8) is 0 Å². The van der Waals surface area contributed by atoms with Gasteiger partial charge in [-0.2, -0.15) is 0 Å². The Kier molecular flexibility index (Phi) is 6.50. The Bertz CT molecular complexity index is 1030. The van der Waals surface area contributed by atoms with Crippen LogP contribution in [0.15, 0.2) is 48.0 Å². The van der Waals surface area contributed by atoms with Crippen LogP contribution in [0.3, 0.4) is 0 Å². The fraction of sp³-hybridized carbons (Fsp3) is 0.304. The number of likely N-dealkylation sites (N-methyl/N-ethyl adjacent to an activating group) is 1. The Hall–Kier alpha value is -3.52. The predicted octanol–water partition coefficient (Wildman–Crippen LogP) is 2.39. The van der Waals surface area contributed by atoms with E-state index in [1.165, 1.54) is 31.3 Å². The van der Waals surface area contributed by atoms with Gasteiger partial charge in [0, 0.05) is 19.2 Å². The van der Waals surface area contributed by atoms with Crippen molar-refractivity contribution in [2.24, 2.45) is 0 Å². The van der Waals surface area contributed by atoms with Crippen molar-refractivity contribution in [3.05, 3.63) is 59.2 Å². The third-order valence-corrected chi connectivity index (χ3v) is 5.18. The number of carbonyl (C=O) groups is 2. The molecule has 1 amide bonds. The number of rotatable bonds is 7. The van der Waals surface area contributed by atoms with Crippen molar-refractivity contribution in [2.75, 3.05) is 41.4 Å². The van der Waals surface area contributed by atoms with Gasteiger partial charge in [0.25, 0.3) is 11.7 Å². The summed E-state index contributed by atoms with van der Waals surface area (Å²) in [6.07, 6.45) is 0. The van der Waals surface area contributed by atoms with E-state index in [0.29, 0.717) is 23.6 Å². The van der Waals surface area contributed by atoms with Crippen molar-refractivity contribution in [1.82, 2.24) is 9.80 Å². The molecule has 2 N–H and O–H groups in total. The average molecular weight is 426 g/mol. The Balaban J connectivity index is 2.20. The molecular weight excluding hydrogens is 400 g/mol. The number of aromatic hydroxyl groups is 1. The van der Waals surface area contributed by atoms with E-state index in [0.717, 1.165) is 0 Å². The molecule has 8 nitrogen and oxygen atoms in total. The highest BCUT2D eigenvalue weighted by Crippen LogP contribution is 2.41. The van der Waals surface area contributed by atoms with Gasteiger partial charge >= 0.3 is 0 Å². The monoisotopic (exact) mass is 426 g/mol. The van der Waals surface area contributed by atoms with E-state index in [1.54, 1.807) is 30.3 Å². The van der Waals surface area contributed by atoms with Crippen molar-refractivity contribution in [3.8, 4) is 17.2 Å². The zero-order valence-electron chi connectivity index (χ0n) is 18.0. The fourth-order valence-corrected chi connectivity index (χ4v) is 3.60. The van der Waals surface area contributed by atoms with Gasteiger partial charge < -0.3 is 29.5 Å². The predicted molar refractivity (Wildman–Crippen MR) is 115 cm³/mol. The highest BCUT2D eigenvalue weighted by molar-refractivity contribution is 6.46. The number of hydrogen-bond acceptors (Lipinski definition) is 7. The van der Waals surface area contributed by atoms with Crippen molar-refractivity contribution in [2.45, 2.75) is 6.04 Å². The lowest BCUT2D eigenvalue weighted by Gasteiger charge is -2.26. The number of benzene rings is 2. The van der Waals surface area contributed by atoms with Crippen LogP contribution in [0.1, 0.15) is 17.2 Å². The molecule has 1 fully saturated rings. The maximum atomic E-state index is 13.0. The summed E-state index contributed by atoms with van der Waals surface area (Å²) in [5.74, 6) is -1.03. The lowest BCUT2D eigenvalue weighted by Crippen LogP contribution is -2.35. The lowest BCUT2D eigenvalue weighted by atomic mass is 9.94. The molecule has 0 spiro atoms. The second-order valence-corrected chi connectivity index (χ2v) is 7.46. The first-order valence-electron chi connectivity index (χ1n) is 9.73. The topological polar surface area (TPSA) is 99.5 Å². The second-order valence-electron chi connectivity index (χ2n) is 7.46. The molecule has 1 aliphatic heterocycles. The Labute approximate surface area is 180 Å². The van der Waals surface area contributed by atoms with Gasteiger partial charge in [-0.25, -0.2) is 0 Å². The van der Waals surface area contributed by atoms with Gasteiger partial charge in [0.1, 0.15) is 23.0 Å². The van der Waals surface area contributed by atoms with Crippen LogP contribution in [0.5, 0.6) is 17.2 Å². The zero-order chi connectivity index (χ0) is 22.7. The van der Waals surface area contributed by atoms with Crippen LogP contribution < -0.4 is 9.47 Å². The first kappa shape index (κ1) is 22.2. The molecule has 3 rings (SSSR count). The smallest absolute Gasteiger partial charge is 0.295 e. The maximum Gasteiger partial charge on any atom is 0.295 e. The van der Waals surface area contributed by atoms with Gasteiger partial charge in [0.2, 0.25) is 0 Å². The molecule has 1 aliphatic rings. The summed E-state index contributed by atoms with van der Waals surface area (Å²) < 4.78 is 10.6. The number of ether oxygens (including phenoxy) is 2. The third-order valence-electron chi connectivity index (χ3n) is 5.18.